The summed E-state index contributed by atoms with van der Waals surface area (Å²) >= 11 is 0. The molecule has 0 amide bonds. The highest BCUT2D eigenvalue weighted by atomic mass is 16.8. The van der Waals surface area contributed by atoms with E-state index in [4.69, 9.17) is 5.73 Å². The molecule has 1 atom stereocenters. The van der Waals surface area contributed by atoms with Crippen molar-refractivity contribution in [2.24, 2.45) is 0 Å². The number of hydrogen-bond acceptors (Lipinski definition) is 5. The Morgan fingerprint density at radius 1 is 1.53 bits per heavy atom. The number of nitro groups is 1. The summed E-state index contributed by atoms with van der Waals surface area (Å²) in [6.07, 6.45) is -0.225. The van der Waals surface area contributed by atoms with Crippen LogP contribution in [0.25, 0.3) is 0 Å². The molecule has 0 saturated carbocycles. The van der Waals surface area contributed by atoms with Gasteiger partial charge in [-0.05, 0) is 17.7 Å². The smallest absolute Gasteiger partial charge is 0.399 e. The Morgan fingerprint density at radius 3 is 2.47 bits per heavy atom. The van der Waals surface area contributed by atoms with Crippen LogP contribution in [-0.4, -0.2) is 23.1 Å². The van der Waals surface area contributed by atoms with Gasteiger partial charge in [-0.2, -0.15) is 0 Å². The molecule has 82 valence electrons. The number of methoxy groups -OCH3 is 1. The maximum atomic E-state index is 10.5. The summed E-state index contributed by atoms with van der Waals surface area (Å²) < 4.78 is 4.46. The first kappa shape index (κ1) is 11.4. The zero-order chi connectivity index (χ0) is 11.5. The van der Waals surface area contributed by atoms with Crippen LogP contribution in [0.3, 0.4) is 0 Å². The lowest BCUT2D eigenvalue weighted by atomic mass is 10.1. The van der Waals surface area contributed by atoms with E-state index in [9.17, 15) is 15.2 Å². The number of nitrogens with two attached hydrogens (primary N) is 1. The minimum absolute atomic E-state index is 0.225. The average molecular weight is 212 g/mol. The van der Waals surface area contributed by atoms with E-state index in [2.05, 4.69) is 4.74 Å². The van der Waals surface area contributed by atoms with Gasteiger partial charge in [-0.1, -0.05) is 12.1 Å². The first-order valence-corrected chi connectivity index (χ1v) is 4.24. The van der Waals surface area contributed by atoms with Gasteiger partial charge in [0.05, 0.1) is 4.92 Å². The highest BCUT2D eigenvalue weighted by molar-refractivity contribution is 5.39. The summed E-state index contributed by atoms with van der Waals surface area (Å²) in [5.41, 5.74) is 6.59. The van der Waals surface area contributed by atoms with Gasteiger partial charge < -0.3 is 10.8 Å². The first-order chi connectivity index (χ1) is 6.98. The Hall–Kier alpha value is -1.66. The fraction of sp³-hybridized carbons (Fsp3) is 0.333. The minimum Gasteiger partial charge on any atom is -0.399 e. The summed E-state index contributed by atoms with van der Waals surface area (Å²) in [7, 11) is 1.08. The van der Waals surface area contributed by atoms with E-state index in [0.717, 1.165) is 7.11 Å². The zero-order valence-corrected chi connectivity index (χ0v) is 8.21. The summed E-state index contributed by atoms with van der Waals surface area (Å²) in [5.74, 6) is -2.38. The van der Waals surface area contributed by atoms with Crippen molar-refractivity contribution in [3.05, 3.63) is 39.9 Å². The molecule has 0 bridgehead atoms. The molecule has 6 nitrogen and oxygen atoms in total. The van der Waals surface area contributed by atoms with E-state index in [1.165, 1.54) is 0 Å². The maximum Gasteiger partial charge on any atom is 0.443 e. The molecule has 6 heteroatoms. The molecule has 0 aromatic heterocycles. The van der Waals surface area contributed by atoms with Gasteiger partial charge in [0.15, 0.2) is 0 Å². The summed E-state index contributed by atoms with van der Waals surface area (Å²) in [6, 6.07) is 6.41. The van der Waals surface area contributed by atoms with Crippen molar-refractivity contribution < 1.29 is 14.8 Å². The molecule has 0 radical (unpaired) electrons. The summed E-state index contributed by atoms with van der Waals surface area (Å²) in [5, 5.41) is 20.0. The first-order valence-electron chi connectivity index (χ1n) is 4.24. The Balaban J connectivity index is 2.84. The molecule has 3 N–H and O–H groups in total. The molecule has 0 aliphatic rings. The molecular formula is C9H12N2O4. The molecule has 1 aromatic carbocycles. The van der Waals surface area contributed by atoms with Gasteiger partial charge in [-0.15, -0.1) is 0 Å². The van der Waals surface area contributed by atoms with Crippen molar-refractivity contribution in [2.75, 3.05) is 12.8 Å². The molecule has 0 spiro atoms. The predicted molar refractivity (Wildman–Crippen MR) is 53.5 cm³/mol. The Labute approximate surface area is 86.4 Å². The number of ether oxygens (including phenoxy) is 1. The average Bonchev–Trinajstić information content (AvgIpc) is 2.21. The SMILES string of the molecule is COC(O)(Cc1ccc(N)cc1)[N+](=O)[O-]. The molecular weight excluding hydrogens is 200 g/mol. The maximum absolute atomic E-state index is 10.5. The predicted octanol–water partition coefficient (Wildman–Crippen LogP) is 0.381. The molecule has 0 saturated heterocycles. The van der Waals surface area contributed by atoms with Crippen molar-refractivity contribution in [2.45, 2.75) is 12.3 Å². The van der Waals surface area contributed by atoms with Crippen molar-refractivity contribution in [3.63, 3.8) is 0 Å². The summed E-state index contributed by atoms with van der Waals surface area (Å²) in [4.78, 5) is 9.66. The quantitative estimate of drug-likeness (QED) is 0.325. The van der Waals surface area contributed by atoms with Gasteiger partial charge in [-0.25, -0.2) is 0 Å². The van der Waals surface area contributed by atoms with E-state index >= 15 is 0 Å². The van der Waals surface area contributed by atoms with Crippen LogP contribution < -0.4 is 5.73 Å². The second-order valence-electron chi connectivity index (χ2n) is 3.12. The van der Waals surface area contributed by atoms with Crippen LogP contribution in [0.1, 0.15) is 5.56 Å². The number of rotatable bonds is 4. The lowest BCUT2D eigenvalue weighted by molar-refractivity contribution is -0.685. The number of nitrogens with zero attached hydrogens (tertiary/aromatic N) is 1. The number of aliphatic hydroxyl groups is 1. The number of benzene rings is 1. The molecule has 0 heterocycles. The van der Waals surface area contributed by atoms with Crippen molar-refractivity contribution in [1.82, 2.24) is 0 Å². The Bertz CT molecular complexity index is 352. The zero-order valence-electron chi connectivity index (χ0n) is 8.21. The van der Waals surface area contributed by atoms with Gasteiger partial charge in [-0.3, -0.25) is 14.9 Å². The fourth-order valence-electron chi connectivity index (χ4n) is 1.11. The normalized spacial score (nSPS) is 14.5. The molecule has 0 fully saturated rings. The highest BCUT2D eigenvalue weighted by Gasteiger charge is 2.40. The van der Waals surface area contributed by atoms with Gasteiger partial charge in [0.2, 0.25) is 0 Å². The van der Waals surface area contributed by atoms with Crippen LogP contribution >= 0.6 is 0 Å². The summed E-state index contributed by atoms with van der Waals surface area (Å²) in [6.45, 7) is 0. The van der Waals surface area contributed by atoms with Gasteiger partial charge in [0, 0.05) is 12.8 Å². The van der Waals surface area contributed by atoms with Gasteiger partial charge >= 0.3 is 5.91 Å². The van der Waals surface area contributed by atoms with E-state index in [1.807, 2.05) is 0 Å². The van der Waals surface area contributed by atoms with Crippen LogP contribution in [0.2, 0.25) is 0 Å². The second-order valence-corrected chi connectivity index (χ2v) is 3.12. The van der Waals surface area contributed by atoms with Crippen molar-refractivity contribution in [3.8, 4) is 0 Å². The third-order valence-corrected chi connectivity index (χ3v) is 2.03. The highest BCUT2D eigenvalue weighted by Crippen LogP contribution is 2.16. The van der Waals surface area contributed by atoms with E-state index in [-0.39, 0.29) is 6.42 Å². The van der Waals surface area contributed by atoms with E-state index in [0.29, 0.717) is 11.3 Å². The Kier molecular flexibility index (Phi) is 3.23. The minimum atomic E-state index is -2.38. The molecule has 1 rings (SSSR count). The van der Waals surface area contributed by atoms with E-state index < -0.39 is 10.8 Å². The number of nitrogen functional groups attached to an aromatic ring is 1. The van der Waals surface area contributed by atoms with Gasteiger partial charge in [0.25, 0.3) is 0 Å². The van der Waals surface area contributed by atoms with Crippen LogP contribution in [0.15, 0.2) is 24.3 Å². The third-order valence-electron chi connectivity index (χ3n) is 2.03. The molecule has 1 aromatic rings. The van der Waals surface area contributed by atoms with Crippen LogP contribution in [-0.2, 0) is 11.2 Å². The topological polar surface area (TPSA) is 98.6 Å². The second kappa shape index (κ2) is 4.24. The van der Waals surface area contributed by atoms with Gasteiger partial charge in [0.1, 0.15) is 6.42 Å². The van der Waals surface area contributed by atoms with Crippen molar-refractivity contribution >= 4 is 5.69 Å². The molecule has 0 aliphatic heterocycles. The van der Waals surface area contributed by atoms with Crippen LogP contribution in [0.4, 0.5) is 5.69 Å². The lowest BCUT2D eigenvalue weighted by Crippen LogP contribution is -2.42. The Morgan fingerprint density at radius 2 is 2.07 bits per heavy atom. The molecule has 15 heavy (non-hydrogen) atoms. The standard InChI is InChI=1S/C9H12N2O4/c1-15-9(12,11(13)14)6-7-2-4-8(10)5-3-7/h2-5,12H,6,10H2,1H3. The lowest BCUT2D eigenvalue weighted by Gasteiger charge is -2.16. The molecule has 0 aliphatic carbocycles. The van der Waals surface area contributed by atoms with Crippen molar-refractivity contribution in [1.29, 1.82) is 0 Å². The van der Waals surface area contributed by atoms with Crippen LogP contribution in [0.5, 0.6) is 0 Å². The number of hydrogen-bond donors (Lipinski definition) is 2. The van der Waals surface area contributed by atoms with Crippen LogP contribution in [0, 0.1) is 10.1 Å². The fourth-order valence-corrected chi connectivity index (χ4v) is 1.11. The number of anilines is 1. The monoisotopic (exact) mass is 212 g/mol. The largest absolute Gasteiger partial charge is 0.443 e. The van der Waals surface area contributed by atoms with E-state index in [1.54, 1.807) is 24.3 Å². The molecule has 1 unspecified atom stereocenters. The third kappa shape index (κ3) is 2.64.